The summed E-state index contributed by atoms with van der Waals surface area (Å²) in [4.78, 5) is 11.5. The number of aliphatic hydroxyl groups is 1. The minimum atomic E-state index is -0.621. The van der Waals surface area contributed by atoms with Gasteiger partial charge in [0.1, 0.15) is 0 Å². The summed E-state index contributed by atoms with van der Waals surface area (Å²) in [5, 5.41) is 16.9. The number of hydrogen-bond acceptors (Lipinski definition) is 4. The SMILES string of the molecule is C[C@]12CC[C@H](n3cccn3)C[C@H]1CC[C@@H]1[C@@H]2CC[C@]2(C)[C@@H](c3ccc(=O)oc3)CC[C@]12O. The summed E-state index contributed by atoms with van der Waals surface area (Å²) >= 11 is 0. The van der Waals surface area contributed by atoms with Crippen molar-refractivity contribution in [2.45, 2.75) is 89.2 Å². The van der Waals surface area contributed by atoms with Gasteiger partial charge in [0.05, 0.1) is 17.9 Å². The van der Waals surface area contributed by atoms with Crippen LogP contribution in [0.1, 0.15) is 89.2 Å². The highest BCUT2D eigenvalue weighted by Gasteiger charge is 2.67. The molecule has 4 fully saturated rings. The lowest BCUT2D eigenvalue weighted by molar-refractivity contribution is -0.203. The summed E-state index contributed by atoms with van der Waals surface area (Å²) < 4.78 is 7.40. The molecule has 172 valence electrons. The lowest BCUT2D eigenvalue weighted by atomic mass is 9.43. The van der Waals surface area contributed by atoms with E-state index in [1.54, 1.807) is 6.26 Å². The van der Waals surface area contributed by atoms with Gasteiger partial charge in [-0.05, 0) is 105 Å². The monoisotopic (exact) mass is 436 g/mol. The van der Waals surface area contributed by atoms with Crippen molar-refractivity contribution in [3.63, 3.8) is 0 Å². The smallest absolute Gasteiger partial charge is 0.335 e. The molecule has 0 amide bonds. The first-order chi connectivity index (χ1) is 15.3. The summed E-state index contributed by atoms with van der Waals surface area (Å²) in [5.74, 6) is 1.97. The van der Waals surface area contributed by atoms with Gasteiger partial charge in [0.2, 0.25) is 0 Å². The Morgan fingerprint density at radius 2 is 1.94 bits per heavy atom. The molecule has 0 radical (unpaired) electrons. The first-order valence-electron chi connectivity index (χ1n) is 12.7. The van der Waals surface area contributed by atoms with Crippen molar-refractivity contribution < 1.29 is 9.52 Å². The minimum Gasteiger partial charge on any atom is -0.431 e. The predicted molar refractivity (Wildman–Crippen MR) is 122 cm³/mol. The van der Waals surface area contributed by atoms with E-state index in [-0.39, 0.29) is 17.0 Å². The van der Waals surface area contributed by atoms with E-state index in [9.17, 15) is 9.90 Å². The van der Waals surface area contributed by atoms with Crippen LogP contribution in [0.3, 0.4) is 0 Å². The van der Waals surface area contributed by atoms with E-state index in [0.717, 1.165) is 37.2 Å². The van der Waals surface area contributed by atoms with Crippen molar-refractivity contribution in [3.05, 3.63) is 52.8 Å². The Hall–Kier alpha value is -1.88. The fourth-order valence-electron chi connectivity index (χ4n) is 9.04. The predicted octanol–water partition coefficient (Wildman–Crippen LogP) is 5.32. The van der Waals surface area contributed by atoms with Crippen molar-refractivity contribution in [2.75, 3.05) is 0 Å². The van der Waals surface area contributed by atoms with Crippen LogP contribution in [0.25, 0.3) is 0 Å². The topological polar surface area (TPSA) is 68.3 Å². The molecule has 4 aliphatic carbocycles. The molecule has 0 unspecified atom stereocenters. The minimum absolute atomic E-state index is 0.149. The average molecular weight is 437 g/mol. The second kappa shape index (κ2) is 7.06. The van der Waals surface area contributed by atoms with Crippen LogP contribution in [-0.2, 0) is 0 Å². The van der Waals surface area contributed by atoms with Crippen LogP contribution in [0.2, 0.25) is 0 Å². The average Bonchev–Trinajstić information content (AvgIpc) is 3.41. The Bertz CT molecular complexity index is 1030. The van der Waals surface area contributed by atoms with Crippen LogP contribution in [0, 0.1) is 28.6 Å². The van der Waals surface area contributed by atoms with Crippen LogP contribution in [-0.4, -0.2) is 20.5 Å². The van der Waals surface area contributed by atoms with Crippen LogP contribution >= 0.6 is 0 Å². The number of fused-ring (bicyclic) bond motifs is 5. The molecular formula is C27H36N2O3. The number of aromatic nitrogens is 2. The van der Waals surface area contributed by atoms with Gasteiger partial charge in [0.15, 0.2) is 0 Å². The zero-order valence-electron chi connectivity index (χ0n) is 19.4. The lowest BCUT2D eigenvalue weighted by Crippen LogP contribution is -2.61. The molecule has 5 nitrogen and oxygen atoms in total. The first-order valence-corrected chi connectivity index (χ1v) is 12.7. The van der Waals surface area contributed by atoms with Crippen molar-refractivity contribution in [1.29, 1.82) is 0 Å². The van der Waals surface area contributed by atoms with Gasteiger partial charge < -0.3 is 9.52 Å². The maximum absolute atomic E-state index is 12.4. The van der Waals surface area contributed by atoms with Gasteiger partial charge in [-0.15, -0.1) is 0 Å². The number of hydrogen-bond donors (Lipinski definition) is 1. The molecular weight excluding hydrogens is 400 g/mol. The molecule has 2 aromatic rings. The third kappa shape index (κ3) is 2.72. The van der Waals surface area contributed by atoms with Crippen LogP contribution in [0.5, 0.6) is 0 Å². The highest BCUT2D eigenvalue weighted by atomic mass is 16.4. The third-order valence-corrected chi connectivity index (χ3v) is 10.8. The third-order valence-electron chi connectivity index (χ3n) is 10.8. The molecule has 4 saturated carbocycles. The standard InChI is InChI=1S/C27H36N2O3/c1-25-11-8-20(29-15-3-14-28-29)16-19(25)5-6-23-22(25)9-12-26(2)21(10-13-27(23,26)31)18-4-7-24(30)32-17-18/h3-4,7,14-15,17,19-23,31H,5-6,8-13,16H2,1-2H3/t19-,20+,21-,22+,23-,25+,26-,27+/m1/s1. The Kier molecular flexibility index (Phi) is 4.57. The first kappa shape index (κ1) is 20.7. The van der Waals surface area contributed by atoms with Crippen molar-refractivity contribution >= 4 is 0 Å². The lowest BCUT2D eigenvalue weighted by Gasteiger charge is -2.63. The van der Waals surface area contributed by atoms with Gasteiger partial charge in [-0.1, -0.05) is 13.8 Å². The van der Waals surface area contributed by atoms with E-state index in [4.69, 9.17) is 4.42 Å². The summed E-state index contributed by atoms with van der Waals surface area (Å²) in [6.45, 7) is 4.85. The number of nitrogens with zero attached hydrogens (tertiary/aromatic N) is 2. The van der Waals surface area contributed by atoms with Crippen molar-refractivity contribution in [2.24, 2.45) is 28.6 Å². The Labute approximate surface area is 190 Å². The maximum atomic E-state index is 12.4. The van der Waals surface area contributed by atoms with Crippen molar-refractivity contribution in [1.82, 2.24) is 9.78 Å². The van der Waals surface area contributed by atoms with Gasteiger partial charge in [0.25, 0.3) is 0 Å². The molecule has 0 aliphatic heterocycles. The fourth-order valence-corrected chi connectivity index (χ4v) is 9.04. The molecule has 32 heavy (non-hydrogen) atoms. The van der Waals surface area contributed by atoms with E-state index >= 15 is 0 Å². The largest absolute Gasteiger partial charge is 0.431 e. The fraction of sp³-hybridized carbons (Fsp3) is 0.704. The molecule has 8 atom stereocenters. The van der Waals surface area contributed by atoms with Crippen LogP contribution in [0.4, 0.5) is 0 Å². The summed E-state index contributed by atoms with van der Waals surface area (Å²) in [5.41, 5.74) is 0.336. The van der Waals surface area contributed by atoms with Crippen LogP contribution < -0.4 is 5.63 Å². The summed E-state index contributed by atoms with van der Waals surface area (Å²) in [7, 11) is 0. The Morgan fingerprint density at radius 1 is 1.06 bits per heavy atom. The van der Waals surface area contributed by atoms with E-state index in [1.807, 2.05) is 18.3 Å². The van der Waals surface area contributed by atoms with Crippen molar-refractivity contribution in [3.8, 4) is 0 Å². The van der Waals surface area contributed by atoms with Gasteiger partial charge >= 0.3 is 5.63 Å². The number of rotatable bonds is 2. The van der Waals surface area contributed by atoms with Gasteiger partial charge in [0, 0.05) is 23.9 Å². The summed E-state index contributed by atoms with van der Waals surface area (Å²) in [6.07, 6.45) is 15.8. The van der Waals surface area contributed by atoms with E-state index in [2.05, 4.69) is 29.8 Å². The normalized spacial score (nSPS) is 45.7. The molecule has 0 bridgehead atoms. The second-order valence-electron chi connectivity index (χ2n) is 11.8. The highest BCUT2D eigenvalue weighted by Crippen LogP contribution is 2.70. The Morgan fingerprint density at radius 3 is 2.69 bits per heavy atom. The second-order valence-corrected chi connectivity index (χ2v) is 11.8. The molecule has 2 aromatic heterocycles. The molecule has 6 rings (SSSR count). The summed E-state index contributed by atoms with van der Waals surface area (Å²) in [6, 6.07) is 6.02. The molecule has 2 heterocycles. The maximum Gasteiger partial charge on any atom is 0.335 e. The van der Waals surface area contributed by atoms with E-state index in [1.165, 1.54) is 38.2 Å². The molecule has 0 aromatic carbocycles. The molecule has 5 heteroatoms. The van der Waals surface area contributed by atoms with Gasteiger partial charge in [-0.3, -0.25) is 4.68 Å². The highest BCUT2D eigenvalue weighted by molar-refractivity contribution is 5.27. The van der Waals surface area contributed by atoms with E-state index < -0.39 is 5.60 Å². The molecule has 0 spiro atoms. The molecule has 1 N–H and O–H groups in total. The molecule has 0 saturated heterocycles. The molecule has 4 aliphatic rings. The zero-order chi connectivity index (χ0) is 22.1. The van der Waals surface area contributed by atoms with E-state index in [0.29, 0.717) is 23.3 Å². The van der Waals surface area contributed by atoms with Gasteiger partial charge in [-0.25, -0.2) is 4.79 Å². The Balaban J connectivity index is 1.28. The quantitative estimate of drug-likeness (QED) is 0.692. The van der Waals surface area contributed by atoms with Gasteiger partial charge in [-0.2, -0.15) is 5.10 Å². The zero-order valence-corrected chi connectivity index (χ0v) is 19.4. The van der Waals surface area contributed by atoms with Crippen LogP contribution in [0.15, 0.2) is 46.1 Å².